The standard InChI is InChI=1S/C12H7ClN2/c13-12-6-4-10-8-9(2-1-7-14)3-5-11(10)15-12/h1-6,8H. The second-order valence-corrected chi connectivity index (χ2v) is 3.44. The van der Waals surface area contributed by atoms with E-state index in [0.29, 0.717) is 5.15 Å². The molecule has 0 atom stereocenters. The van der Waals surface area contributed by atoms with E-state index < -0.39 is 0 Å². The fourth-order valence-corrected chi connectivity index (χ4v) is 1.51. The van der Waals surface area contributed by atoms with E-state index >= 15 is 0 Å². The molecule has 0 radical (unpaired) electrons. The normalized spacial score (nSPS) is 10.7. The number of hydrogen-bond acceptors (Lipinski definition) is 2. The van der Waals surface area contributed by atoms with E-state index in [1.54, 1.807) is 12.1 Å². The molecule has 2 rings (SSSR count). The van der Waals surface area contributed by atoms with Gasteiger partial charge in [0.1, 0.15) is 5.15 Å². The molecule has 0 saturated carbocycles. The molecule has 0 amide bonds. The highest BCUT2D eigenvalue weighted by Crippen LogP contribution is 2.17. The minimum absolute atomic E-state index is 0.489. The van der Waals surface area contributed by atoms with Gasteiger partial charge < -0.3 is 0 Å². The SMILES string of the molecule is N#CC=Cc1ccc2nc(Cl)ccc2c1. The molecule has 1 aromatic carbocycles. The second kappa shape index (κ2) is 4.12. The number of allylic oxidation sites excluding steroid dienone is 1. The van der Waals surface area contributed by atoms with E-state index in [4.69, 9.17) is 16.9 Å². The van der Waals surface area contributed by atoms with E-state index in [1.165, 1.54) is 6.08 Å². The lowest BCUT2D eigenvalue weighted by Gasteiger charge is -1.98. The molecule has 3 heteroatoms. The van der Waals surface area contributed by atoms with Gasteiger partial charge in [-0.2, -0.15) is 5.26 Å². The molecule has 1 heterocycles. The van der Waals surface area contributed by atoms with Crippen LogP contribution in [0.3, 0.4) is 0 Å². The number of aromatic nitrogens is 1. The Morgan fingerprint density at radius 2 is 2.13 bits per heavy atom. The maximum atomic E-state index is 8.41. The van der Waals surface area contributed by atoms with Crippen molar-refractivity contribution in [3.05, 3.63) is 47.1 Å². The van der Waals surface area contributed by atoms with Crippen molar-refractivity contribution in [3.63, 3.8) is 0 Å². The predicted octanol–water partition coefficient (Wildman–Crippen LogP) is 3.42. The summed E-state index contributed by atoms with van der Waals surface area (Å²) in [6, 6.07) is 11.4. The molecule has 2 aromatic rings. The van der Waals surface area contributed by atoms with Gasteiger partial charge in [-0.25, -0.2) is 4.98 Å². The smallest absolute Gasteiger partial charge is 0.129 e. The Labute approximate surface area is 92.4 Å². The van der Waals surface area contributed by atoms with E-state index in [9.17, 15) is 0 Å². The quantitative estimate of drug-likeness (QED) is 0.539. The zero-order valence-electron chi connectivity index (χ0n) is 7.81. The summed E-state index contributed by atoms with van der Waals surface area (Å²) in [5.41, 5.74) is 1.84. The number of halogens is 1. The summed E-state index contributed by atoms with van der Waals surface area (Å²) < 4.78 is 0. The third kappa shape index (κ3) is 2.15. The fourth-order valence-electron chi connectivity index (χ4n) is 1.36. The Morgan fingerprint density at radius 1 is 1.27 bits per heavy atom. The first-order valence-electron chi connectivity index (χ1n) is 4.42. The average Bonchev–Trinajstić information content (AvgIpc) is 2.26. The van der Waals surface area contributed by atoms with Crippen LogP contribution in [-0.4, -0.2) is 4.98 Å². The summed E-state index contributed by atoms with van der Waals surface area (Å²) in [5, 5.41) is 9.91. The maximum absolute atomic E-state index is 8.41. The van der Waals surface area contributed by atoms with Crippen LogP contribution in [0.5, 0.6) is 0 Å². The first-order chi connectivity index (χ1) is 7.29. The molecule has 1 aromatic heterocycles. The summed E-state index contributed by atoms with van der Waals surface area (Å²) in [4.78, 5) is 4.17. The van der Waals surface area contributed by atoms with Gasteiger partial charge in [0.05, 0.1) is 11.6 Å². The molecule has 0 fully saturated rings. The highest BCUT2D eigenvalue weighted by atomic mass is 35.5. The van der Waals surface area contributed by atoms with Crippen LogP contribution in [0.4, 0.5) is 0 Å². The van der Waals surface area contributed by atoms with Crippen LogP contribution >= 0.6 is 11.6 Å². The lowest BCUT2D eigenvalue weighted by atomic mass is 10.1. The van der Waals surface area contributed by atoms with Crippen LogP contribution in [0.15, 0.2) is 36.4 Å². The van der Waals surface area contributed by atoms with Crippen LogP contribution in [0, 0.1) is 11.3 Å². The van der Waals surface area contributed by atoms with Crippen molar-refractivity contribution in [1.82, 2.24) is 4.98 Å². The number of nitrogens with zero attached hydrogens (tertiary/aromatic N) is 2. The summed E-state index contributed by atoms with van der Waals surface area (Å²) in [6.07, 6.45) is 3.21. The minimum atomic E-state index is 0.489. The van der Waals surface area contributed by atoms with E-state index in [-0.39, 0.29) is 0 Å². The van der Waals surface area contributed by atoms with Crippen LogP contribution in [0.25, 0.3) is 17.0 Å². The molecular weight excluding hydrogens is 208 g/mol. The van der Waals surface area contributed by atoms with Crippen molar-refractivity contribution in [2.24, 2.45) is 0 Å². The highest BCUT2D eigenvalue weighted by molar-refractivity contribution is 6.29. The molecule has 0 saturated heterocycles. The Hall–Kier alpha value is -1.85. The van der Waals surface area contributed by atoms with Crippen molar-refractivity contribution >= 4 is 28.6 Å². The molecule has 0 aliphatic rings. The molecule has 0 spiro atoms. The lowest BCUT2D eigenvalue weighted by Crippen LogP contribution is -1.80. The Bertz CT molecular complexity index is 567. The number of benzene rings is 1. The number of nitriles is 1. The van der Waals surface area contributed by atoms with Gasteiger partial charge in [0.2, 0.25) is 0 Å². The van der Waals surface area contributed by atoms with Crippen molar-refractivity contribution in [2.45, 2.75) is 0 Å². The second-order valence-electron chi connectivity index (χ2n) is 3.05. The van der Waals surface area contributed by atoms with Gasteiger partial charge in [0.15, 0.2) is 0 Å². The van der Waals surface area contributed by atoms with Gasteiger partial charge in [-0.1, -0.05) is 17.7 Å². The highest BCUT2D eigenvalue weighted by Gasteiger charge is 1.96. The van der Waals surface area contributed by atoms with E-state index in [0.717, 1.165) is 16.5 Å². The molecular formula is C12H7ClN2. The van der Waals surface area contributed by atoms with Gasteiger partial charge in [0, 0.05) is 11.5 Å². The van der Waals surface area contributed by atoms with Gasteiger partial charge in [-0.15, -0.1) is 0 Å². The maximum Gasteiger partial charge on any atom is 0.129 e. The molecule has 0 aliphatic carbocycles. The van der Waals surface area contributed by atoms with Crippen LogP contribution in [-0.2, 0) is 0 Å². The molecule has 72 valence electrons. The van der Waals surface area contributed by atoms with Crippen LogP contribution in [0.1, 0.15) is 5.56 Å². The monoisotopic (exact) mass is 214 g/mol. The number of hydrogen-bond donors (Lipinski definition) is 0. The van der Waals surface area contributed by atoms with E-state index in [1.807, 2.05) is 30.3 Å². The number of rotatable bonds is 1. The summed E-state index contributed by atoms with van der Waals surface area (Å²) in [5.74, 6) is 0. The molecule has 0 aliphatic heterocycles. The third-order valence-corrected chi connectivity index (χ3v) is 2.24. The largest absolute Gasteiger partial charge is 0.236 e. The number of pyridine rings is 1. The Kier molecular flexibility index (Phi) is 2.66. The fraction of sp³-hybridized carbons (Fsp3) is 0. The summed E-state index contributed by atoms with van der Waals surface area (Å²) in [6.45, 7) is 0. The first kappa shape index (κ1) is 9.70. The van der Waals surface area contributed by atoms with Gasteiger partial charge >= 0.3 is 0 Å². The zero-order chi connectivity index (χ0) is 10.7. The van der Waals surface area contributed by atoms with Crippen molar-refractivity contribution < 1.29 is 0 Å². The molecule has 15 heavy (non-hydrogen) atoms. The minimum Gasteiger partial charge on any atom is -0.236 e. The predicted molar refractivity (Wildman–Crippen MR) is 61.4 cm³/mol. The first-order valence-corrected chi connectivity index (χ1v) is 4.80. The Balaban J connectivity index is 2.53. The van der Waals surface area contributed by atoms with Crippen LogP contribution < -0.4 is 0 Å². The van der Waals surface area contributed by atoms with Gasteiger partial charge in [-0.05, 0) is 35.9 Å². The summed E-state index contributed by atoms with van der Waals surface area (Å²) >= 11 is 5.77. The summed E-state index contributed by atoms with van der Waals surface area (Å²) in [7, 11) is 0. The number of fused-ring (bicyclic) bond motifs is 1. The lowest BCUT2D eigenvalue weighted by molar-refractivity contribution is 1.41. The molecule has 0 bridgehead atoms. The average molecular weight is 215 g/mol. The molecule has 0 unspecified atom stereocenters. The van der Waals surface area contributed by atoms with Crippen molar-refractivity contribution in [2.75, 3.05) is 0 Å². The molecule has 2 nitrogen and oxygen atoms in total. The van der Waals surface area contributed by atoms with E-state index in [2.05, 4.69) is 4.98 Å². The third-order valence-electron chi connectivity index (χ3n) is 2.03. The molecule has 0 N–H and O–H groups in total. The van der Waals surface area contributed by atoms with Crippen LogP contribution in [0.2, 0.25) is 5.15 Å². The Morgan fingerprint density at radius 3 is 2.93 bits per heavy atom. The van der Waals surface area contributed by atoms with Gasteiger partial charge in [-0.3, -0.25) is 0 Å². The zero-order valence-corrected chi connectivity index (χ0v) is 8.57. The van der Waals surface area contributed by atoms with Gasteiger partial charge in [0.25, 0.3) is 0 Å². The van der Waals surface area contributed by atoms with Crippen molar-refractivity contribution in [1.29, 1.82) is 5.26 Å². The van der Waals surface area contributed by atoms with Crippen molar-refractivity contribution in [3.8, 4) is 6.07 Å². The topological polar surface area (TPSA) is 36.7 Å².